The third-order valence-corrected chi connectivity index (χ3v) is 3.96. The Balaban J connectivity index is 2.65. The fourth-order valence-corrected chi connectivity index (χ4v) is 2.47. The zero-order valence-corrected chi connectivity index (χ0v) is 13.4. The first-order valence-electron chi connectivity index (χ1n) is 6.80. The number of aliphatic hydroxyl groups excluding tert-OH is 1. The maximum absolute atomic E-state index is 10.1. The maximum Gasteiger partial charge on any atom is 0.146 e. The Hall–Kier alpha value is -0.880. The quantitative estimate of drug-likeness (QED) is 0.683. The van der Waals surface area contributed by atoms with E-state index in [1.54, 1.807) is 0 Å². The predicted molar refractivity (Wildman–Crippen MR) is 82.5 cm³/mol. The van der Waals surface area contributed by atoms with E-state index in [9.17, 15) is 5.11 Å². The normalized spacial score (nSPS) is 12.5. The van der Waals surface area contributed by atoms with Gasteiger partial charge in [-0.3, -0.25) is 0 Å². The molecule has 1 atom stereocenters. The van der Waals surface area contributed by atoms with E-state index in [0.29, 0.717) is 18.3 Å². The SMILES string of the molecule is CCNc1ncnc(NCC(O)C(CC)CC)c1Br. The third-order valence-electron chi connectivity index (χ3n) is 3.21. The van der Waals surface area contributed by atoms with Crippen LogP contribution in [0.25, 0.3) is 0 Å². The highest BCUT2D eigenvalue weighted by Crippen LogP contribution is 2.26. The van der Waals surface area contributed by atoms with Gasteiger partial charge in [0.25, 0.3) is 0 Å². The lowest BCUT2D eigenvalue weighted by molar-refractivity contribution is 0.114. The summed E-state index contributed by atoms with van der Waals surface area (Å²) < 4.78 is 0.800. The number of hydrogen-bond donors (Lipinski definition) is 3. The van der Waals surface area contributed by atoms with Crippen molar-refractivity contribution < 1.29 is 5.11 Å². The van der Waals surface area contributed by atoms with Crippen LogP contribution in [0.3, 0.4) is 0 Å². The van der Waals surface area contributed by atoms with Crippen molar-refractivity contribution in [3.8, 4) is 0 Å². The van der Waals surface area contributed by atoms with Gasteiger partial charge in [0.2, 0.25) is 0 Å². The summed E-state index contributed by atoms with van der Waals surface area (Å²) in [5.41, 5.74) is 0. The summed E-state index contributed by atoms with van der Waals surface area (Å²) in [6.45, 7) is 7.50. The average Bonchev–Trinajstić information content (AvgIpc) is 2.41. The number of aromatic nitrogens is 2. The van der Waals surface area contributed by atoms with Crippen molar-refractivity contribution in [2.24, 2.45) is 5.92 Å². The zero-order valence-electron chi connectivity index (χ0n) is 11.8. The van der Waals surface area contributed by atoms with Crippen LogP contribution in [-0.2, 0) is 0 Å². The highest BCUT2D eigenvalue weighted by Gasteiger charge is 2.16. The number of hydrogen-bond acceptors (Lipinski definition) is 5. The first-order valence-corrected chi connectivity index (χ1v) is 7.59. The van der Waals surface area contributed by atoms with Crippen molar-refractivity contribution in [3.63, 3.8) is 0 Å². The number of anilines is 2. The molecule has 0 aliphatic heterocycles. The van der Waals surface area contributed by atoms with Crippen molar-refractivity contribution in [1.82, 2.24) is 9.97 Å². The van der Waals surface area contributed by atoms with Gasteiger partial charge in [0.1, 0.15) is 22.4 Å². The van der Waals surface area contributed by atoms with E-state index < -0.39 is 0 Å². The van der Waals surface area contributed by atoms with E-state index in [4.69, 9.17) is 0 Å². The molecule has 0 amide bonds. The Kier molecular flexibility index (Phi) is 7.09. The van der Waals surface area contributed by atoms with Crippen molar-refractivity contribution in [2.75, 3.05) is 23.7 Å². The highest BCUT2D eigenvalue weighted by molar-refractivity contribution is 9.10. The molecule has 108 valence electrons. The minimum Gasteiger partial charge on any atom is -0.391 e. The van der Waals surface area contributed by atoms with Crippen molar-refractivity contribution >= 4 is 27.6 Å². The third kappa shape index (κ3) is 4.62. The molecule has 1 unspecified atom stereocenters. The van der Waals surface area contributed by atoms with E-state index in [0.717, 1.165) is 29.7 Å². The van der Waals surface area contributed by atoms with Crippen LogP contribution in [0.15, 0.2) is 10.8 Å². The second kappa shape index (κ2) is 8.32. The largest absolute Gasteiger partial charge is 0.391 e. The first-order chi connectivity index (χ1) is 9.13. The number of rotatable bonds is 8. The van der Waals surface area contributed by atoms with Crippen LogP contribution in [-0.4, -0.2) is 34.3 Å². The van der Waals surface area contributed by atoms with Gasteiger partial charge < -0.3 is 15.7 Å². The number of nitrogens with one attached hydrogen (secondary N) is 2. The molecule has 0 aliphatic carbocycles. The Morgan fingerprint density at radius 3 is 2.26 bits per heavy atom. The maximum atomic E-state index is 10.1. The molecule has 0 spiro atoms. The lowest BCUT2D eigenvalue weighted by atomic mass is 9.97. The van der Waals surface area contributed by atoms with Crippen LogP contribution in [0.2, 0.25) is 0 Å². The van der Waals surface area contributed by atoms with E-state index >= 15 is 0 Å². The smallest absolute Gasteiger partial charge is 0.146 e. The standard InChI is InChI=1S/C13H23BrN4O/c1-4-9(5-2)10(19)7-16-13-11(14)12(15-6-3)17-8-18-13/h8-10,19H,4-7H2,1-3H3,(H2,15,16,17,18). The molecule has 5 nitrogen and oxygen atoms in total. The minimum absolute atomic E-state index is 0.321. The van der Waals surface area contributed by atoms with Crippen LogP contribution in [0, 0.1) is 5.92 Å². The summed E-state index contributed by atoms with van der Waals surface area (Å²) in [4.78, 5) is 8.34. The van der Waals surface area contributed by atoms with Gasteiger partial charge in [0, 0.05) is 13.1 Å². The molecule has 0 bridgehead atoms. The summed E-state index contributed by atoms with van der Waals surface area (Å²) in [6.07, 6.45) is 3.11. The highest BCUT2D eigenvalue weighted by atomic mass is 79.9. The van der Waals surface area contributed by atoms with Gasteiger partial charge in [-0.1, -0.05) is 26.7 Å². The molecular formula is C13H23BrN4O. The molecule has 0 aliphatic rings. The molecule has 1 rings (SSSR count). The van der Waals surface area contributed by atoms with Gasteiger partial charge in [0.05, 0.1) is 6.10 Å². The fourth-order valence-electron chi connectivity index (χ4n) is 1.98. The average molecular weight is 331 g/mol. The van der Waals surface area contributed by atoms with Crippen LogP contribution < -0.4 is 10.6 Å². The molecule has 1 aromatic heterocycles. The van der Waals surface area contributed by atoms with Gasteiger partial charge in [-0.05, 0) is 28.8 Å². The Bertz CT molecular complexity index is 385. The summed E-state index contributed by atoms with van der Waals surface area (Å²) in [5.74, 6) is 1.79. The van der Waals surface area contributed by atoms with Crippen LogP contribution in [0.4, 0.5) is 11.6 Å². The molecular weight excluding hydrogens is 308 g/mol. The predicted octanol–water partition coefficient (Wildman–Crippen LogP) is 2.88. The number of nitrogens with zero attached hydrogens (tertiary/aromatic N) is 2. The van der Waals surface area contributed by atoms with Gasteiger partial charge in [-0.2, -0.15) is 0 Å². The summed E-state index contributed by atoms with van der Waals surface area (Å²) in [6, 6.07) is 0. The molecule has 0 aromatic carbocycles. The summed E-state index contributed by atoms with van der Waals surface area (Å²) in [7, 11) is 0. The van der Waals surface area contributed by atoms with Gasteiger partial charge in [-0.25, -0.2) is 9.97 Å². The second-order valence-electron chi connectivity index (χ2n) is 4.44. The molecule has 3 N–H and O–H groups in total. The van der Waals surface area contributed by atoms with E-state index in [-0.39, 0.29) is 6.10 Å². The second-order valence-corrected chi connectivity index (χ2v) is 5.23. The van der Waals surface area contributed by atoms with Crippen molar-refractivity contribution in [2.45, 2.75) is 39.7 Å². The Morgan fingerprint density at radius 1 is 1.16 bits per heavy atom. The Labute approximate surface area is 123 Å². The van der Waals surface area contributed by atoms with Crippen LogP contribution in [0.1, 0.15) is 33.6 Å². The van der Waals surface area contributed by atoms with Crippen molar-refractivity contribution in [3.05, 3.63) is 10.8 Å². The molecule has 0 saturated heterocycles. The molecule has 1 aromatic rings. The lowest BCUT2D eigenvalue weighted by Crippen LogP contribution is -2.28. The van der Waals surface area contributed by atoms with E-state index in [1.165, 1.54) is 6.33 Å². The first kappa shape index (κ1) is 16.2. The van der Waals surface area contributed by atoms with Crippen LogP contribution >= 0.6 is 15.9 Å². The van der Waals surface area contributed by atoms with Crippen molar-refractivity contribution in [1.29, 1.82) is 0 Å². The van der Waals surface area contributed by atoms with Gasteiger partial charge in [-0.15, -0.1) is 0 Å². The number of halogens is 1. The summed E-state index contributed by atoms with van der Waals surface area (Å²) in [5, 5.41) is 16.4. The van der Waals surface area contributed by atoms with Crippen LogP contribution in [0.5, 0.6) is 0 Å². The fraction of sp³-hybridized carbons (Fsp3) is 0.692. The minimum atomic E-state index is -0.362. The Morgan fingerprint density at radius 2 is 1.74 bits per heavy atom. The molecule has 19 heavy (non-hydrogen) atoms. The topological polar surface area (TPSA) is 70.1 Å². The van der Waals surface area contributed by atoms with E-state index in [2.05, 4.69) is 50.4 Å². The molecule has 1 heterocycles. The lowest BCUT2D eigenvalue weighted by Gasteiger charge is -2.21. The summed E-state index contributed by atoms with van der Waals surface area (Å²) >= 11 is 3.47. The monoisotopic (exact) mass is 330 g/mol. The van der Waals surface area contributed by atoms with E-state index in [1.807, 2.05) is 6.92 Å². The molecule has 0 radical (unpaired) electrons. The molecule has 6 heteroatoms. The van der Waals surface area contributed by atoms with Gasteiger partial charge >= 0.3 is 0 Å². The van der Waals surface area contributed by atoms with Gasteiger partial charge in [0.15, 0.2) is 0 Å². The number of aliphatic hydroxyl groups is 1. The molecule has 0 saturated carbocycles. The zero-order chi connectivity index (χ0) is 14.3. The molecule has 0 fully saturated rings.